The standard InChI is InChI=1S/C30H24ClNO3/c31-21-12-8-18(9-13-21)17-35-22-14-10-19(11-15-22)28-26-16-20-4-1-2-5-23(20)27(26)24-6-3-7-25(30(33)34)29(24)32-28/h1-15,26-28,32H,16-17H2,(H,33,34)/t26-,27-,28+/m0/s1. The number of aromatic carboxylic acids is 1. The van der Waals surface area contributed by atoms with Crippen molar-refractivity contribution in [1.29, 1.82) is 0 Å². The fourth-order valence-electron chi connectivity index (χ4n) is 5.61. The maximum Gasteiger partial charge on any atom is 0.337 e. The maximum absolute atomic E-state index is 12.0. The lowest BCUT2D eigenvalue weighted by molar-refractivity contribution is 0.0697. The Morgan fingerprint density at radius 3 is 2.43 bits per heavy atom. The fraction of sp³-hybridized carbons (Fsp3) is 0.167. The van der Waals surface area contributed by atoms with Crippen molar-refractivity contribution in [3.63, 3.8) is 0 Å². The largest absolute Gasteiger partial charge is 0.489 e. The Kier molecular flexibility index (Phi) is 5.46. The SMILES string of the molecule is O=C(O)c1cccc2c1N[C@H](c1ccc(OCc3ccc(Cl)cc3)cc1)[C@H]1Cc3ccccc3[C@@H]21. The Hall–Kier alpha value is -3.76. The summed E-state index contributed by atoms with van der Waals surface area (Å²) in [6.07, 6.45) is 0.948. The number of carboxylic acid groups (broad SMARTS) is 1. The molecule has 0 fully saturated rings. The molecule has 1 aliphatic heterocycles. The Bertz CT molecular complexity index is 1400. The second-order valence-electron chi connectivity index (χ2n) is 9.23. The van der Waals surface area contributed by atoms with Gasteiger partial charge in [0.2, 0.25) is 0 Å². The second kappa shape index (κ2) is 8.79. The van der Waals surface area contributed by atoms with Gasteiger partial charge in [0.1, 0.15) is 12.4 Å². The molecule has 0 unspecified atom stereocenters. The van der Waals surface area contributed by atoms with Crippen molar-refractivity contribution >= 4 is 23.3 Å². The van der Waals surface area contributed by atoms with Crippen LogP contribution in [0, 0.1) is 5.92 Å². The number of hydrogen-bond donors (Lipinski definition) is 2. The van der Waals surface area contributed by atoms with Crippen LogP contribution in [0.3, 0.4) is 0 Å². The summed E-state index contributed by atoms with van der Waals surface area (Å²) in [5.74, 6) is 0.332. The zero-order valence-corrected chi connectivity index (χ0v) is 19.7. The van der Waals surface area contributed by atoms with Gasteiger partial charge in [-0.1, -0.05) is 72.3 Å². The summed E-state index contributed by atoms with van der Waals surface area (Å²) in [6, 6.07) is 29.9. The van der Waals surface area contributed by atoms with Gasteiger partial charge in [-0.05, 0) is 70.5 Å². The quantitative estimate of drug-likeness (QED) is 0.319. The van der Waals surface area contributed by atoms with Gasteiger partial charge in [0, 0.05) is 10.9 Å². The molecule has 0 spiro atoms. The van der Waals surface area contributed by atoms with Crippen molar-refractivity contribution in [3.8, 4) is 5.75 Å². The molecular formula is C30H24ClNO3. The molecule has 2 N–H and O–H groups in total. The van der Waals surface area contributed by atoms with Gasteiger partial charge in [0.05, 0.1) is 17.3 Å². The monoisotopic (exact) mass is 481 g/mol. The van der Waals surface area contributed by atoms with E-state index in [1.807, 2.05) is 42.5 Å². The molecule has 35 heavy (non-hydrogen) atoms. The molecule has 0 aromatic heterocycles. The first kappa shape index (κ1) is 21.8. The van der Waals surface area contributed by atoms with Crippen LogP contribution in [0.25, 0.3) is 0 Å². The van der Waals surface area contributed by atoms with Crippen molar-refractivity contribution < 1.29 is 14.6 Å². The van der Waals surface area contributed by atoms with Crippen LogP contribution < -0.4 is 10.1 Å². The number of carboxylic acids is 1. The van der Waals surface area contributed by atoms with E-state index in [0.717, 1.165) is 34.5 Å². The molecule has 4 aromatic carbocycles. The highest BCUT2D eigenvalue weighted by Gasteiger charge is 2.44. The molecular weight excluding hydrogens is 458 g/mol. The number of fused-ring (bicyclic) bond motifs is 5. The first-order valence-corrected chi connectivity index (χ1v) is 12.1. The number of nitrogens with one attached hydrogen (secondary N) is 1. The van der Waals surface area contributed by atoms with E-state index in [4.69, 9.17) is 16.3 Å². The van der Waals surface area contributed by atoms with Crippen LogP contribution in [0.5, 0.6) is 5.75 Å². The number of benzene rings is 4. The van der Waals surface area contributed by atoms with Gasteiger partial charge < -0.3 is 15.2 Å². The molecule has 2 aliphatic rings. The fourth-order valence-corrected chi connectivity index (χ4v) is 5.74. The summed E-state index contributed by atoms with van der Waals surface area (Å²) in [5.41, 5.74) is 6.93. The molecule has 4 aromatic rings. The van der Waals surface area contributed by atoms with E-state index in [-0.39, 0.29) is 12.0 Å². The summed E-state index contributed by atoms with van der Waals surface area (Å²) < 4.78 is 5.98. The van der Waals surface area contributed by atoms with Crippen LogP contribution in [0.15, 0.2) is 91.0 Å². The van der Waals surface area contributed by atoms with Crippen molar-refractivity contribution in [2.24, 2.45) is 5.92 Å². The third kappa shape index (κ3) is 3.94. The first-order chi connectivity index (χ1) is 17.1. The molecule has 174 valence electrons. The van der Waals surface area contributed by atoms with Gasteiger partial charge in [-0.2, -0.15) is 0 Å². The molecule has 5 heteroatoms. The van der Waals surface area contributed by atoms with E-state index < -0.39 is 5.97 Å². The lowest BCUT2D eigenvalue weighted by Gasteiger charge is -2.38. The number of halogens is 1. The van der Waals surface area contributed by atoms with Gasteiger partial charge >= 0.3 is 5.97 Å². The lowest BCUT2D eigenvalue weighted by Crippen LogP contribution is -2.31. The number of para-hydroxylation sites is 1. The Morgan fingerprint density at radius 1 is 0.914 bits per heavy atom. The van der Waals surface area contributed by atoms with Crippen LogP contribution in [0.2, 0.25) is 5.02 Å². The smallest absolute Gasteiger partial charge is 0.337 e. The summed E-state index contributed by atoms with van der Waals surface area (Å²) in [4.78, 5) is 12.0. The summed E-state index contributed by atoms with van der Waals surface area (Å²) in [6.45, 7) is 0.466. The van der Waals surface area contributed by atoms with Crippen molar-refractivity contribution in [2.45, 2.75) is 25.0 Å². The number of anilines is 1. The number of carbonyl (C=O) groups is 1. The molecule has 3 atom stereocenters. The highest BCUT2D eigenvalue weighted by atomic mass is 35.5. The van der Waals surface area contributed by atoms with E-state index in [9.17, 15) is 9.90 Å². The van der Waals surface area contributed by atoms with Gasteiger partial charge in [0.25, 0.3) is 0 Å². The predicted molar refractivity (Wildman–Crippen MR) is 137 cm³/mol. The van der Waals surface area contributed by atoms with Crippen molar-refractivity contribution in [1.82, 2.24) is 0 Å². The van der Waals surface area contributed by atoms with Gasteiger partial charge in [0.15, 0.2) is 0 Å². The van der Waals surface area contributed by atoms with Crippen molar-refractivity contribution in [3.05, 3.63) is 129 Å². The van der Waals surface area contributed by atoms with Crippen LogP contribution in [-0.2, 0) is 13.0 Å². The third-order valence-electron chi connectivity index (χ3n) is 7.22. The van der Waals surface area contributed by atoms with E-state index in [2.05, 4.69) is 47.8 Å². The first-order valence-electron chi connectivity index (χ1n) is 11.8. The summed E-state index contributed by atoms with van der Waals surface area (Å²) in [7, 11) is 0. The van der Waals surface area contributed by atoms with E-state index in [1.165, 1.54) is 11.1 Å². The zero-order chi connectivity index (χ0) is 23.9. The van der Waals surface area contributed by atoms with Crippen LogP contribution in [0.4, 0.5) is 5.69 Å². The van der Waals surface area contributed by atoms with Gasteiger partial charge in [-0.25, -0.2) is 4.79 Å². The van der Waals surface area contributed by atoms with Crippen LogP contribution in [-0.4, -0.2) is 11.1 Å². The number of ether oxygens (including phenoxy) is 1. The number of hydrogen-bond acceptors (Lipinski definition) is 3. The maximum atomic E-state index is 12.0. The minimum absolute atomic E-state index is 0.00860. The van der Waals surface area contributed by atoms with Crippen LogP contribution >= 0.6 is 11.6 Å². The average molecular weight is 482 g/mol. The third-order valence-corrected chi connectivity index (χ3v) is 7.47. The van der Waals surface area contributed by atoms with Gasteiger partial charge in [-0.3, -0.25) is 0 Å². The molecule has 1 aliphatic carbocycles. The lowest BCUT2D eigenvalue weighted by atomic mass is 9.75. The Morgan fingerprint density at radius 2 is 1.66 bits per heavy atom. The summed E-state index contributed by atoms with van der Waals surface area (Å²) in [5, 5.41) is 14.2. The summed E-state index contributed by atoms with van der Waals surface area (Å²) >= 11 is 5.97. The minimum Gasteiger partial charge on any atom is -0.489 e. The number of rotatable bonds is 5. The molecule has 0 bridgehead atoms. The molecule has 0 radical (unpaired) electrons. The second-order valence-corrected chi connectivity index (χ2v) is 9.66. The van der Waals surface area contributed by atoms with Crippen molar-refractivity contribution in [2.75, 3.05) is 5.32 Å². The molecule has 4 nitrogen and oxygen atoms in total. The Balaban J connectivity index is 1.32. The topological polar surface area (TPSA) is 58.6 Å². The van der Waals surface area contributed by atoms with E-state index in [1.54, 1.807) is 6.07 Å². The highest BCUT2D eigenvalue weighted by Crippen LogP contribution is 2.54. The van der Waals surface area contributed by atoms with Crippen LogP contribution in [0.1, 0.15) is 50.1 Å². The average Bonchev–Trinajstić information content (AvgIpc) is 3.28. The normalized spacial score (nSPS) is 19.7. The van der Waals surface area contributed by atoms with Gasteiger partial charge in [-0.15, -0.1) is 0 Å². The van der Waals surface area contributed by atoms with E-state index >= 15 is 0 Å². The molecule has 0 saturated heterocycles. The molecule has 0 amide bonds. The zero-order valence-electron chi connectivity index (χ0n) is 18.9. The molecule has 1 heterocycles. The Labute approximate surface area is 209 Å². The minimum atomic E-state index is -0.913. The molecule has 0 saturated carbocycles. The highest BCUT2D eigenvalue weighted by molar-refractivity contribution is 6.30. The molecule has 6 rings (SSSR count). The van der Waals surface area contributed by atoms with E-state index in [0.29, 0.717) is 23.1 Å². The predicted octanol–water partition coefficient (Wildman–Crippen LogP) is 7.09.